The number of fused-ring (bicyclic) bond motifs is 7. The van der Waals surface area contributed by atoms with Crippen LogP contribution in [0.15, 0.2) is 72.3 Å². The summed E-state index contributed by atoms with van der Waals surface area (Å²) in [6.07, 6.45) is -0.607. The minimum Gasteiger partial charge on any atom is -0.390 e. The van der Waals surface area contributed by atoms with Gasteiger partial charge in [0, 0.05) is 35.0 Å². The number of alkyl halides is 2. The van der Waals surface area contributed by atoms with Crippen molar-refractivity contribution < 1.29 is 38.1 Å². The Kier molecular flexibility index (Phi) is 7.95. The number of anilines is 1. The van der Waals surface area contributed by atoms with Gasteiger partial charge in [-0.1, -0.05) is 56.8 Å². The summed E-state index contributed by atoms with van der Waals surface area (Å²) in [4.78, 5) is 25.9. The fourth-order valence-corrected chi connectivity index (χ4v) is 9.53. The Balaban J connectivity index is 0.00000372. The number of aliphatic hydroxyl groups excluding tert-OH is 2. The Morgan fingerprint density at radius 3 is 2.33 bits per heavy atom. The van der Waals surface area contributed by atoms with E-state index in [1.807, 2.05) is 43.4 Å². The van der Waals surface area contributed by atoms with Crippen LogP contribution in [0.1, 0.15) is 63.5 Å². The summed E-state index contributed by atoms with van der Waals surface area (Å²) in [6.45, 7) is 2.51. The molecular weight excluding hydrogens is 592 g/mol. The molecule has 0 amide bonds. The summed E-state index contributed by atoms with van der Waals surface area (Å²) in [7, 11) is 1.87. The average molecular weight is 636 g/mol. The van der Waals surface area contributed by atoms with E-state index >= 15 is 8.78 Å². The van der Waals surface area contributed by atoms with E-state index in [0.717, 1.165) is 29.3 Å². The normalized spacial score (nSPS) is 40.6. The van der Waals surface area contributed by atoms with Crippen LogP contribution in [0.5, 0.6) is 0 Å². The Bertz CT molecular complexity index is 1590. The zero-order valence-corrected chi connectivity index (χ0v) is 25.6. The topological polar surface area (TPSA) is 105 Å². The van der Waals surface area contributed by atoms with Crippen molar-refractivity contribution in [2.75, 3.05) is 19.0 Å². The van der Waals surface area contributed by atoms with E-state index in [1.54, 1.807) is 13.8 Å². The molecule has 2 aromatic rings. The highest BCUT2D eigenvalue weighted by Gasteiger charge is 2.80. The van der Waals surface area contributed by atoms with Crippen molar-refractivity contribution in [3.05, 3.63) is 89.0 Å². The van der Waals surface area contributed by atoms with Crippen LogP contribution in [0, 0.1) is 22.7 Å². The predicted octanol–water partition coefficient (Wildman–Crippen LogP) is 5.60. The average Bonchev–Trinajstić information content (AvgIpc) is 3.53. The number of ketones is 2. The summed E-state index contributed by atoms with van der Waals surface area (Å²) in [6, 6.07) is 15.9. The van der Waals surface area contributed by atoms with Gasteiger partial charge in [-0.05, 0) is 79.5 Å². The third-order valence-electron chi connectivity index (χ3n) is 11.8. The predicted molar refractivity (Wildman–Crippen MR) is 170 cm³/mol. The van der Waals surface area contributed by atoms with Crippen molar-refractivity contribution in [2.24, 2.45) is 22.7 Å². The number of ether oxygens (including phenoxy) is 2. The van der Waals surface area contributed by atoms with Crippen molar-refractivity contribution in [1.29, 1.82) is 0 Å². The Morgan fingerprint density at radius 1 is 1.04 bits per heavy atom. The first kappa shape index (κ1) is 32.7. The number of aliphatic hydroxyl groups is 2. The van der Waals surface area contributed by atoms with Crippen molar-refractivity contribution in [3.63, 3.8) is 0 Å². The second-order valence-corrected chi connectivity index (χ2v) is 13.9. The van der Waals surface area contributed by atoms with E-state index in [-0.39, 0.29) is 32.3 Å². The van der Waals surface area contributed by atoms with Crippen LogP contribution in [0.4, 0.5) is 14.5 Å². The van der Waals surface area contributed by atoms with Gasteiger partial charge in [0.25, 0.3) is 0 Å². The van der Waals surface area contributed by atoms with Crippen LogP contribution in [-0.4, -0.2) is 65.1 Å². The molecule has 9 heteroatoms. The van der Waals surface area contributed by atoms with Gasteiger partial charge < -0.3 is 25.0 Å². The lowest BCUT2D eigenvalue weighted by molar-refractivity contribution is -0.235. The fraction of sp³-hybridized carbons (Fsp3) is 0.514. The van der Waals surface area contributed by atoms with Crippen LogP contribution >= 0.6 is 0 Å². The molecule has 7 rings (SSSR count). The lowest BCUT2D eigenvalue weighted by atomic mass is 9.44. The molecule has 1 saturated heterocycles. The van der Waals surface area contributed by atoms with E-state index in [1.165, 1.54) is 12.2 Å². The standard InChI is InChI=1S/C36H39F2NO6.CH4/c1-33-13-12-24(41)15-27(33)28(37)16-26-25-17-31-36(30(43)19-40,34(25,2)18-29(42)35(26,33)38)45-32(44-31)22-8-4-20(5-9-22)14-21-6-10-23(39-3)11-7-21;/h4-13,15,25-26,28-29,31-32,39-40,42H,14,16-19H2,1-3H3;1H4/t25-,26-,28-,29-,31+,32+,33-,34-,35-,36+;/m0./s1. The van der Waals surface area contributed by atoms with Gasteiger partial charge in [0.05, 0.1) is 12.2 Å². The number of rotatable bonds is 6. The molecule has 0 spiro atoms. The van der Waals surface area contributed by atoms with Crippen molar-refractivity contribution in [1.82, 2.24) is 0 Å². The maximum atomic E-state index is 17.6. The number of halogens is 2. The fourth-order valence-electron chi connectivity index (χ4n) is 9.53. The van der Waals surface area contributed by atoms with Gasteiger partial charge in [0.2, 0.25) is 0 Å². The molecule has 3 saturated carbocycles. The van der Waals surface area contributed by atoms with Gasteiger partial charge in [0.1, 0.15) is 12.8 Å². The minimum absolute atomic E-state index is 0. The molecule has 4 aliphatic carbocycles. The van der Waals surface area contributed by atoms with Gasteiger partial charge >= 0.3 is 0 Å². The maximum absolute atomic E-state index is 17.6. The molecule has 7 nitrogen and oxygen atoms in total. The molecule has 5 aliphatic rings. The quantitative estimate of drug-likeness (QED) is 0.380. The maximum Gasteiger partial charge on any atom is 0.193 e. The van der Waals surface area contributed by atoms with Gasteiger partial charge in [-0.3, -0.25) is 9.59 Å². The molecule has 0 bridgehead atoms. The second-order valence-electron chi connectivity index (χ2n) is 13.9. The number of hydrogen-bond donors (Lipinski definition) is 3. The molecular formula is C37H43F2NO6. The number of Topliss-reactive ketones (excluding diaryl/α,β-unsaturated/α-hetero) is 1. The first-order chi connectivity index (χ1) is 21.4. The highest BCUT2D eigenvalue weighted by atomic mass is 19.1. The van der Waals surface area contributed by atoms with E-state index in [9.17, 15) is 19.8 Å². The Labute approximate surface area is 268 Å². The molecule has 10 atom stereocenters. The van der Waals surface area contributed by atoms with E-state index in [2.05, 4.69) is 17.4 Å². The first-order valence-corrected chi connectivity index (χ1v) is 15.7. The first-order valence-electron chi connectivity index (χ1n) is 15.7. The number of carbonyl (C=O) groups excluding carboxylic acids is 2. The van der Waals surface area contributed by atoms with E-state index in [0.29, 0.717) is 5.56 Å². The molecule has 0 aromatic heterocycles. The monoisotopic (exact) mass is 635 g/mol. The van der Waals surface area contributed by atoms with Crippen molar-refractivity contribution in [3.8, 4) is 0 Å². The van der Waals surface area contributed by atoms with Crippen LogP contribution in [-0.2, 0) is 25.5 Å². The van der Waals surface area contributed by atoms with E-state index < -0.39 is 76.8 Å². The lowest BCUT2D eigenvalue weighted by Gasteiger charge is -2.63. The molecule has 0 radical (unpaired) electrons. The van der Waals surface area contributed by atoms with Crippen LogP contribution in [0.3, 0.4) is 0 Å². The van der Waals surface area contributed by atoms with Gasteiger partial charge in [0.15, 0.2) is 29.1 Å². The zero-order chi connectivity index (χ0) is 31.9. The summed E-state index contributed by atoms with van der Waals surface area (Å²) < 4.78 is 46.4. The zero-order valence-electron chi connectivity index (χ0n) is 25.6. The molecule has 4 fully saturated rings. The minimum atomic E-state index is -2.28. The lowest BCUT2D eigenvalue weighted by Crippen LogP contribution is -2.70. The number of benzene rings is 2. The number of hydrogen-bond acceptors (Lipinski definition) is 7. The summed E-state index contributed by atoms with van der Waals surface area (Å²) in [5, 5.41) is 25.0. The summed E-state index contributed by atoms with van der Waals surface area (Å²) in [5.41, 5.74) is -2.62. The largest absolute Gasteiger partial charge is 0.390 e. The number of allylic oxidation sites excluding steroid dienone is 4. The summed E-state index contributed by atoms with van der Waals surface area (Å²) >= 11 is 0. The molecule has 3 N–H and O–H groups in total. The van der Waals surface area contributed by atoms with Crippen LogP contribution in [0.25, 0.3) is 0 Å². The molecule has 246 valence electrons. The smallest absolute Gasteiger partial charge is 0.193 e. The highest BCUT2D eigenvalue weighted by Crippen LogP contribution is 2.72. The van der Waals surface area contributed by atoms with Gasteiger partial charge in [-0.25, -0.2) is 8.78 Å². The molecule has 46 heavy (non-hydrogen) atoms. The molecule has 1 heterocycles. The SMILES string of the molecule is C.CNc1ccc(Cc2ccc([C@@H]3O[C@@H]4C[C@H]5[C@@H]6C[C@H](F)C7=CC(=O)C=C[C@]7(C)[C@@]6(F)[C@@H](O)C[C@]5(C)[C@]4(C(=O)CO)O3)cc2)cc1. The van der Waals surface area contributed by atoms with Crippen LogP contribution in [0.2, 0.25) is 0 Å². The van der Waals surface area contributed by atoms with Crippen molar-refractivity contribution >= 4 is 17.3 Å². The third kappa shape index (κ3) is 4.28. The molecule has 2 aromatic carbocycles. The third-order valence-corrected chi connectivity index (χ3v) is 11.8. The molecule has 1 aliphatic heterocycles. The van der Waals surface area contributed by atoms with Gasteiger partial charge in [-0.2, -0.15) is 0 Å². The van der Waals surface area contributed by atoms with Crippen LogP contribution < -0.4 is 5.32 Å². The Morgan fingerprint density at radius 2 is 1.70 bits per heavy atom. The number of nitrogens with one attached hydrogen (secondary N) is 1. The second kappa shape index (κ2) is 11.2. The molecule has 0 unspecified atom stereocenters. The number of carbonyl (C=O) groups is 2. The van der Waals surface area contributed by atoms with Crippen molar-refractivity contribution in [2.45, 2.75) is 82.9 Å². The highest BCUT2D eigenvalue weighted by molar-refractivity contribution is 6.01. The Hall–Kier alpha value is -3.24. The summed E-state index contributed by atoms with van der Waals surface area (Å²) in [5.74, 6) is -2.58. The van der Waals surface area contributed by atoms with E-state index in [4.69, 9.17) is 9.47 Å². The van der Waals surface area contributed by atoms with Gasteiger partial charge in [-0.15, -0.1) is 0 Å².